The lowest BCUT2D eigenvalue weighted by Crippen LogP contribution is -2.24. The molecule has 2 heterocycles. The molecule has 0 aromatic carbocycles. The Morgan fingerprint density at radius 2 is 2.15 bits per heavy atom. The third kappa shape index (κ3) is 1.39. The second-order valence-corrected chi connectivity index (χ2v) is 4.40. The minimum Gasteiger partial charge on any atom is -0.329 e. The first kappa shape index (κ1) is 8.48. The van der Waals surface area contributed by atoms with Gasteiger partial charge in [0, 0.05) is 30.4 Å². The molecule has 0 fully saturated rings. The molecule has 0 N–H and O–H groups in total. The van der Waals surface area contributed by atoms with Crippen molar-refractivity contribution in [1.29, 1.82) is 0 Å². The molecule has 1 aromatic rings. The summed E-state index contributed by atoms with van der Waals surface area (Å²) < 4.78 is 2.24. The summed E-state index contributed by atoms with van der Waals surface area (Å²) in [5.74, 6) is 0. The van der Waals surface area contributed by atoms with Gasteiger partial charge in [-0.15, -0.1) is 0 Å². The Kier molecular flexibility index (Phi) is 1.75. The first-order chi connectivity index (χ1) is 6.09. The number of hydrogen-bond acceptors (Lipinski definition) is 2. The van der Waals surface area contributed by atoms with Gasteiger partial charge in [-0.05, 0) is 20.8 Å². The van der Waals surface area contributed by atoms with Crippen LogP contribution in [0.15, 0.2) is 11.3 Å². The smallest absolute Gasteiger partial charge is 0.102 e. The van der Waals surface area contributed by atoms with E-state index < -0.39 is 0 Å². The predicted octanol–water partition coefficient (Wildman–Crippen LogP) is 1.61. The van der Waals surface area contributed by atoms with Gasteiger partial charge < -0.3 is 4.57 Å². The number of imidazole rings is 1. The van der Waals surface area contributed by atoms with E-state index >= 15 is 0 Å². The molecule has 0 saturated heterocycles. The Bertz CT molecular complexity index is 342. The first-order valence-electron chi connectivity index (χ1n) is 4.65. The van der Waals surface area contributed by atoms with Gasteiger partial charge in [-0.2, -0.15) is 0 Å². The van der Waals surface area contributed by atoms with Gasteiger partial charge in [0.15, 0.2) is 0 Å². The van der Waals surface area contributed by atoms with Crippen LogP contribution in [0.1, 0.15) is 32.2 Å². The molecule has 0 bridgehead atoms. The first-order valence-corrected chi connectivity index (χ1v) is 4.65. The summed E-state index contributed by atoms with van der Waals surface area (Å²) in [4.78, 5) is 8.55. The lowest BCUT2D eigenvalue weighted by atomic mass is 10.1. The van der Waals surface area contributed by atoms with Crippen molar-refractivity contribution in [3.63, 3.8) is 0 Å². The number of fused-ring (bicyclic) bond motifs is 1. The number of aliphatic imine (C=N–C) groups is 1. The van der Waals surface area contributed by atoms with Gasteiger partial charge in [0.2, 0.25) is 0 Å². The van der Waals surface area contributed by atoms with E-state index in [0.717, 1.165) is 18.7 Å². The number of hydrogen-bond donors (Lipinski definition) is 0. The van der Waals surface area contributed by atoms with Gasteiger partial charge in [-0.3, -0.25) is 4.99 Å². The van der Waals surface area contributed by atoms with E-state index in [0.29, 0.717) is 0 Å². The Morgan fingerprint density at radius 3 is 2.85 bits per heavy atom. The molecule has 70 valence electrons. The molecule has 0 aliphatic carbocycles. The van der Waals surface area contributed by atoms with E-state index in [4.69, 9.17) is 0 Å². The Labute approximate surface area is 78.5 Å². The van der Waals surface area contributed by atoms with E-state index in [2.05, 4.69) is 35.3 Å². The van der Waals surface area contributed by atoms with Gasteiger partial charge in [0.05, 0.1) is 6.33 Å². The van der Waals surface area contributed by atoms with E-state index in [1.165, 1.54) is 5.69 Å². The van der Waals surface area contributed by atoms with Gasteiger partial charge >= 0.3 is 0 Å². The van der Waals surface area contributed by atoms with Gasteiger partial charge in [0.25, 0.3) is 0 Å². The highest BCUT2D eigenvalue weighted by atomic mass is 15.1. The molecular formula is C10H15N3. The molecule has 0 unspecified atom stereocenters. The fraction of sp³-hybridized carbons (Fsp3) is 0.600. The van der Waals surface area contributed by atoms with E-state index in [1.54, 1.807) is 0 Å². The predicted molar refractivity (Wildman–Crippen MR) is 53.4 cm³/mol. The van der Waals surface area contributed by atoms with Crippen LogP contribution >= 0.6 is 0 Å². The summed E-state index contributed by atoms with van der Waals surface area (Å²) in [7, 11) is 0. The van der Waals surface area contributed by atoms with Gasteiger partial charge in [0.1, 0.15) is 5.69 Å². The molecule has 0 atom stereocenters. The van der Waals surface area contributed by atoms with Crippen LogP contribution in [0, 0.1) is 0 Å². The maximum absolute atomic E-state index is 4.34. The SMILES string of the molecule is CC(C)(C)n1cnc2c1CCN=C2. The normalized spacial score (nSPS) is 15.9. The van der Waals surface area contributed by atoms with Gasteiger partial charge in [-0.25, -0.2) is 4.98 Å². The van der Waals surface area contributed by atoms with Crippen LogP contribution in [0.3, 0.4) is 0 Å². The number of aromatic nitrogens is 2. The second-order valence-electron chi connectivity index (χ2n) is 4.40. The van der Waals surface area contributed by atoms with Crippen molar-refractivity contribution < 1.29 is 0 Å². The van der Waals surface area contributed by atoms with E-state index in [9.17, 15) is 0 Å². The topological polar surface area (TPSA) is 30.2 Å². The summed E-state index contributed by atoms with van der Waals surface area (Å²) in [6.45, 7) is 7.48. The van der Waals surface area contributed by atoms with Crippen molar-refractivity contribution in [2.45, 2.75) is 32.7 Å². The van der Waals surface area contributed by atoms with Gasteiger partial charge in [-0.1, -0.05) is 0 Å². The standard InChI is InChI=1S/C10H15N3/c1-10(2,3)13-7-12-8-6-11-5-4-9(8)13/h6-7H,4-5H2,1-3H3. The van der Waals surface area contributed by atoms with Crippen molar-refractivity contribution in [2.24, 2.45) is 4.99 Å². The summed E-state index contributed by atoms with van der Waals surface area (Å²) in [6, 6.07) is 0. The maximum Gasteiger partial charge on any atom is 0.102 e. The molecule has 3 heteroatoms. The highest BCUT2D eigenvalue weighted by Crippen LogP contribution is 2.20. The molecule has 0 spiro atoms. The largest absolute Gasteiger partial charge is 0.329 e. The number of nitrogens with zero attached hydrogens (tertiary/aromatic N) is 3. The zero-order chi connectivity index (χ0) is 9.47. The van der Waals surface area contributed by atoms with Crippen LogP contribution < -0.4 is 0 Å². The Hall–Kier alpha value is -1.12. The quantitative estimate of drug-likeness (QED) is 0.592. The van der Waals surface area contributed by atoms with Crippen LogP contribution in [0.5, 0.6) is 0 Å². The highest BCUT2D eigenvalue weighted by Gasteiger charge is 2.20. The molecule has 0 amide bonds. The van der Waals surface area contributed by atoms with Crippen LogP contribution in [-0.4, -0.2) is 22.3 Å². The van der Waals surface area contributed by atoms with Crippen LogP contribution in [-0.2, 0) is 12.0 Å². The molecule has 1 aliphatic heterocycles. The summed E-state index contributed by atoms with van der Waals surface area (Å²) in [6.07, 6.45) is 4.81. The van der Waals surface area contributed by atoms with Crippen molar-refractivity contribution >= 4 is 6.21 Å². The lowest BCUT2D eigenvalue weighted by Gasteiger charge is -2.24. The zero-order valence-electron chi connectivity index (χ0n) is 8.41. The van der Waals surface area contributed by atoms with Crippen LogP contribution in [0.25, 0.3) is 0 Å². The molecule has 0 radical (unpaired) electrons. The fourth-order valence-electron chi connectivity index (χ4n) is 1.64. The van der Waals surface area contributed by atoms with Crippen molar-refractivity contribution in [1.82, 2.24) is 9.55 Å². The summed E-state index contributed by atoms with van der Waals surface area (Å²) in [5, 5.41) is 0. The average Bonchev–Trinajstić information content (AvgIpc) is 2.45. The summed E-state index contributed by atoms with van der Waals surface area (Å²) >= 11 is 0. The highest BCUT2D eigenvalue weighted by molar-refractivity contribution is 5.79. The van der Waals surface area contributed by atoms with Crippen molar-refractivity contribution in [3.05, 3.63) is 17.7 Å². The minimum atomic E-state index is 0.131. The van der Waals surface area contributed by atoms with E-state index in [1.807, 2.05) is 12.5 Å². The maximum atomic E-state index is 4.34. The second kappa shape index (κ2) is 2.69. The lowest BCUT2D eigenvalue weighted by molar-refractivity contribution is 0.384. The van der Waals surface area contributed by atoms with Crippen LogP contribution in [0.4, 0.5) is 0 Å². The third-order valence-electron chi connectivity index (χ3n) is 2.31. The van der Waals surface area contributed by atoms with Crippen molar-refractivity contribution in [3.8, 4) is 0 Å². The third-order valence-corrected chi connectivity index (χ3v) is 2.31. The monoisotopic (exact) mass is 177 g/mol. The Balaban J connectivity index is 2.50. The zero-order valence-corrected chi connectivity index (χ0v) is 8.41. The Morgan fingerprint density at radius 1 is 1.38 bits per heavy atom. The molecule has 0 saturated carbocycles. The molecule has 13 heavy (non-hydrogen) atoms. The minimum absolute atomic E-state index is 0.131. The molecule has 1 aliphatic rings. The van der Waals surface area contributed by atoms with Crippen molar-refractivity contribution in [2.75, 3.05) is 6.54 Å². The van der Waals surface area contributed by atoms with E-state index in [-0.39, 0.29) is 5.54 Å². The molecule has 1 aromatic heterocycles. The molecule has 2 rings (SSSR count). The summed E-state index contributed by atoms with van der Waals surface area (Å²) in [5.41, 5.74) is 2.50. The average molecular weight is 177 g/mol. The molecular weight excluding hydrogens is 162 g/mol. The molecule has 3 nitrogen and oxygen atoms in total. The number of rotatable bonds is 0. The fourth-order valence-corrected chi connectivity index (χ4v) is 1.64. The van der Waals surface area contributed by atoms with Crippen LogP contribution in [0.2, 0.25) is 0 Å².